The van der Waals surface area contributed by atoms with Crippen LogP contribution in [0.2, 0.25) is 0 Å². The summed E-state index contributed by atoms with van der Waals surface area (Å²) in [6.07, 6.45) is 2.35. The molecule has 0 atom stereocenters. The SMILES string of the molecule is CCN(CC)CCNC(=O)c1c(C)[nH]c(C=C2C(=O)Nc3ccc(-c4ccccc4)cc32)c1C.O=C1Cc2cc(-c3ccccc3)ccc2N1. The fourth-order valence-corrected chi connectivity index (χ4v) is 6.54. The van der Waals surface area contributed by atoms with Crippen LogP contribution < -0.4 is 16.0 Å². The number of carbonyl (C=O) groups is 3. The zero-order valence-electron chi connectivity index (χ0n) is 29.0. The molecule has 8 nitrogen and oxygen atoms in total. The molecule has 0 unspecified atom stereocenters. The normalized spacial score (nSPS) is 13.7. The van der Waals surface area contributed by atoms with Crippen LogP contribution in [0.3, 0.4) is 0 Å². The number of aromatic amines is 1. The molecule has 1 aromatic heterocycles. The molecule has 0 aliphatic carbocycles. The van der Waals surface area contributed by atoms with Crippen LogP contribution in [0.1, 0.15) is 52.3 Å². The molecule has 4 N–H and O–H groups in total. The number of amides is 3. The largest absolute Gasteiger partial charge is 0.358 e. The van der Waals surface area contributed by atoms with Gasteiger partial charge in [-0.1, -0.05) is 86.6 Å². The Balaban J connectivity index is 0.000000223. The van der Waals surface area contributed by atoms with Crippen molar-refractivity contribution >= 4 is 40.7 Å². The Morgan fingerprint density at radius 3 is 2.04 bits per heavy atom. The van der Waals surface area contributed by atoms with Crippen LogP contribution in [0, 0.1) is 13.8 Å². The zero-order chi connectivity index (χ0) is 35.2. The molecule has 3 amide bonds. The van der Waals surface area contributed by atoms with E-state index in [2.05, 4.69) is 70.0 Å². The number of H-pyrrole nitrogens is 1. The number of likely N-dealkylation sites (N-methyl/N-ethyl adjacent to an activating group) is 1. The van der Waals surface area contributed by atoms with Crippen LogP contribution in [0.5, 0.6) is 0 Å². The van der Waals surface area contributed by atoms with Gasteiger partial charge in [-0.15, -0.1) is 0 Å². The Hall–Kier alpha value is -5.73. The number of fused-ring (bicyclic) bond motifs is 2. The number of aromatic nitrogens is 1. The topological polar surface area (TPSA) is 106 Å². The van der Waals surface area contributed by atoms with Crippen LogP contribution in [0.15, 0.2) is 97.1 Å². The summed E-state index contributed by atoms with van der Waals surface area (Å²) in [6, 6.07) is 32.4. The van der Waals surface area contributed by atoms with Crippen molar-refractivity contribution in [2.75, 3.05) is 36.8 Å². The van der Waals surface area contributed by atoms with Crippen LogP contribution in [0.4, 0.5) is 11.4 Å². The van der Waals surface area contributed by atoms with Crippen molar-refractivity contribution in [3.8, 4) is 22.3 Å². The second-order valence-corrected chi connectivity index (χ2v) is 12.5. The first-order valence-corrected chi connectivity index (χ1v) is 17.2. The summed E-state index contributed by atoms with van der Waals surface area (Å²) < 4.78 is 0. The number of anilines is 2. The quantitative estimate of drug-likeness (QED) is 0.121. The lowest BCUT2D eigenvalue weighted by Crippen LogP contribution is -2.35. The molecule has 4 aromatic carbocycles. The predicted octanol–water partition coefficient (Wildman–Crippen LogP) is 7.71. The summed E-state index contributed by atoms with van der Waals surface area (Å²) in [5, 5.41) is 8.83. The molecule has 8 heteroatoms. The molecular weight excluding hydrogens is 622 g/mol. The fraction of sp³-hybridized carbons (Fsp3) is 0.214. The maximum absolute atomic E-state index is 12.9. The van der Waals surface area contributed by atoms with Gasteiger partial charge < -0.3 is 25.8 Å². The van der Waals surface area contributed by atoms with Crippen molar-refractivity contribution < 1.29 is 14.4 Å². The first kappa shape index (κ1) is 34.1. The maximum atomic E-state index is 12.9. The van der Waals surface area contributed by atoms with E-state index in [1.807, 2.05) is 86.7 Å². The van der Waals surface area contributed by atoms with E-state index in [4.69, 9.17) is 0 Å². The highest BCUT2D eigenvalue weighted by Crippen LogP contribution is 2.37. The summed E-state index contributed by atoms with van der Waals surface area (Å²) in [5.74, 6) is -0.150. The number of nitrogens with one attached hydrogen (secondary N) is 4. The summed E-state index contributed by atoms with van der Waals surface area (Å²) in [6.45, 7) is 11.4. The second-order valence-electron chi connectivity index (χ2n) is 12.5. The van der Waals surface area contributed by atoms with E-state index >= 15 is 0 Å². The van der Waals surface area contributed by atoms with Gasteiger partial charge in [-0.3, -0.25) is 14.4 Å². The number of nitrogens with zero attached hydrogens (tertiary/aromatic N) is 1. The lowest BCUT2D eigenvalue weighted by atomic mass is 9.98. The molecule has 5 aromatic rings. The Bertz CT molecular complexity index is 2060. The standard InChI is InChI=1S/C28H32N4O2.C14H11NO/c1-5-32(6-2)15-14-29-28(34)26-18(3)25(30-19(26)4)17-23-22-16-21(20-10-8-7-9-11-20)12-13-24(22)31-27(23)33;16-14-9-12-8-11(6-7-13(12)15-14)10-4-2-1-3-5-10/h7-13,16-17,30H,5-6,14-15H2,1-4H3,(H,29,34)(H,31,33);1-8H,9H2,(H,15,16). The van der Waals surface area contributed by atoms with Gasteiger partial charge in [-0.2, -0.15) is 0 Å². The van der Waals surface area contributed by atoms with Gasteiger partial charge in [0.15, 0.2) is 0 Å². The Labute approximate surface area is 293 Å². The summed E-state index contributed by atoms with van der Waals surface area (Å²) in [5.41, 5.74) is 11.8. The van der Waals surface area contributed by atoms with Crippen molar-refractivity contribution in [2.45, 2.75) is 34.1 Å². The molecule has 254 valence electrons. The Kier molecular flexibility index (Phi) is 10.4. The molecular formula is C42H43N5O3. The monoisotopic (exact) mass is 665 g/mol. The third-order valence-electron chi connectivity index (χ3n) is 9.35. The minimum absolute atomic E-state index is 0.0835. The Morgan fingerprint density at radius 2 is 1.40 bits per heavy atom. The van der Waals surface area contributed by atoms with E-state index in [1.165, 1.54) is 5.56 Å². The van der Waals surface area contributed by atoms with Gasteiger partial charge in [0.2, 0.25) is 5.91 Å². The van der Waals surface area contributed by atoms with Crippen LogP contribution in [-0.4, -0.2) is 53.8 Å². The minimum Gasteiger partial charge on any atom is -0.358 e. The van der Waals surface area contributed by atoms with Crippen LogP contribution >= 0.6 is 0 Å². The lowest BCUT2D eigenvalue weighted by Gasteiger charge is -2.18. The third-order valence-corrected chi connectivity index (χ3v) is 9.35. The highest BCUT2D eigenvalue weighted by molar-refractivity contribution is 6.35. The third kappa shape index (κ3) is 7.46. The molecule has 0 saturated carbocycles. The minimum atomic E-state index is -0.142. The highest BCUT2D eigenvalue weighted by Gasteiger charge is 2.26. The van der Waals surface area contributed by atoms with Gasteiger partial charge in [-0.05, 0) is 90.7 Å². The fourth-order valence-electron chi connectivity index (χ4n) is 6.54. The number of hydrogen-bond acceptors (Lipinski definition) is 4. The molecule has 0 fully saturated rings. The number of aryl methyl sites for hydroxylation is 1. The predicted molar refractivity (Wildman–Crippen MR) is 203 cm³/mol. The molecule has 3 heterocycles. The van der Waals surface area contributed by atoms with E-state index in [-0.39, 0.29) is 17.7 Å². The average molecular weight is 666 g/mol. The van der Waals surface area contributed by atoms with Crippen molar-refractivity contribution in [1.82, 2.24) is 15.2 Å². The molecule has 50 heavy (non-hydrogen) atoms. The Morgan fingerprint density at radius 1 is 0.780 bits per heavy atom. The van der Waals surface area contributed by atoms with Crippen molar-refractivity contribution in [3.05, 3.63) is 131 Å². The molecule has 0 radical (unpaired) electrons. The molecule has 2 aliphatic rings. The first-order chi connectivity index (χ1) is 24.2. The molecule has 0 saturated heterocycles. The summed E-state index contributed by atoms with van der Waals surface area (Å²) in [7, 11) is 0. The number of hydrogen-bond donors (Lipinski definition) is 4. The van der Waals surface area contributed by atoms with E-state index in [9.17, 15) is 14.4 Å². The van der Waals surface area contributed by atoms with Gasteiger partial charge in [0.1, 0.15) is 0 Å². The van der Waals surface area contributed by atoms with E-state index in [0.717, 1.165) is 75.8 Å². The van der Waals surface area contributed by atoms with Gasteiger partial charge in [0.25, 0.3) is 11.8 Å². The maximum Gasteiger partial charge on any atom is 0.256 e. The van der Waals surface area contributed by atoms with Gasteiger partial charge in [0, 0.05) is 41.4 Å². The van der Waals surface area contributed by atoms with Crippen LogP contribution in [0.25, 0.3) is 33.9 Å². The molecule has 0 bridgehead atoms. The van der Waals surface area contributed by atoms with Crippen molar-refractivity contribution in [2.24, 2.45) is 0 Å². The van der Waals surface area contributed by atoms with Crippen molar-refractivity contribution in [3.63, 3.8) is 0 Å². The highest BCUT2D eigenvalue weighted by atomic mass is 16.2. The number of carbonyl (C=O) groups excluding carboxylic acids is 3. The van der Waals surface area contributed by atoms with Gasteiger partial charge in [0.05, 0.1) is 17.6 Å². The summed E-state index contributed by atoms with van der Waals surface area (Å²) >= 11 is 0. The van der Waals surface area contributed by atoms with Gasteiger partial charge >= 0.3 is 0 Å². The van der Waals surface area contributed by atoms with E-state index in [0.29, 0.717) is 24.1 Å². The molecule has 7 rings (SSSR count). The number of benzene rings is 4. The van der Waals surface area contributed by atoms with E-state index < -0.39 is 0 Å². The average Bonchev–Trinajstić information content (AvgIpc) is 3.77. The van der Waals surface area contributed by atoms with E-state index in [1.54, 1.807) is 0 Å². The second kappa shape index (κ2) is 15.2. The molecule has 0 spiro atoms. The van der Waals surface area contributed by atoms with Gasteiger partial charge in [-0.25, -0.2) is 0 Å². The first-order valence-electron chi connectivity index (χ1n) is 17.2. The zero-order valence-corrected chi connectivity index (χ0v) is 29.0. The molecule has 2 aliphatic heterocycles. The number of rotatable bonds is 9. The smallest absolute Gasteiger partial charge is 0.256 e. The van der Waals surface area contributed by atoms with Crippen LogP contribution in [-0.2, 0) is 16.0 Å². The lowest BCUT2D eigenvalue weighted by molar-refractivity contribution is -0.115. The van der Waals surface area contributed by atoms with Crippen molar-refractivity contribution in [1.29, 1.82) is 0 Å². The summed E-state index contributed by atoms with van der Waals surface area (Å²) in [4.78, 5) is 42.5.